The molecule has 2 rings (SSSR count). The van der Waals surface area contributed by atoms with Crippen LogP contribution in [0.15, 0.2) is 11.4 Å². The normalized spacial score (nSPS) is 19.4. The largest absolute Gasteiger partial charge is 0.453 e. The second-order valence-electron chi connectivity index (χ2n) is 3.81. The van der Waals surface area contributed by atoms with Crippen molar-refractivity contribution >= 4 is 17.4 Å². The van der Waals surface area contributed by atoms with E-state index in [9.17, 15) is 4.79 Å². The topological polar surface area (TPSA) is 55.6 Å². The van der Waals surface area contributed by atoms with Crippen molar-refractivity contribution in [1.82, 2.24) is 4.90 Å². The number of amides is 1. The number of methoxy groups -OCH3 is 1. The first-order valence-electron chi connectivity index (χ1n) is 5.39. The first-order chi connectivity index (χ1) is 7.77. The summed E-state index contributed by atoms with van der Waals surface area (Å²) in [4.78, 5) is 14.8. The smallest absolute Gasteiger partial charge is 0.410 e. The van der Waals surface area contributed by atoms with E-state index in [2.05, 4.69) is 11.4 Å². The van der Waals surface area contributed by atoms with Crippen LogP contribution in [-0.4, -0.2) is 31.2 Å². The highest BCUT2D eigenvalue weighted by molar-refractivity contribution is 7.10. The fourth-order valence-electron chi connectivity index (χ4n) is 2.20. The van der Waals surface area contributed by atoms with E-state index in [0.29, 0.717) is 6.54 Å². The molecule has 2 N–H and O–H groups in total. The van der Waals surface area contributed by atoms with Crippen LogP contribution in [0.1, 0.15) is 22.9 Å². The molecule has 1 atom stereocenters. The van der Waals surface area contributed by atoms with Gasteiger partial charge in [0.05, 0.1) is 13.2 Å². The van der Waals surface area contributed by atoms with E-state index in [1.807, 2.05) is 0 Å². The van der Waals surface area contributed by atoms with Crippen molar-refractivity contribution < 1.29 is 9.53 Å². The molecule has 1 aromatic heterocycles. The minimum Gasteiger partial charge on any atom is -0.453 e. The van der Waals surface area contributed by atoms with Gasteiger partial charge < -0.3 is 15.4 Å². The standard InChI is InChI=1S/C11H16N2O2S/c1-15-11(14)13-6-3-10-8(4-7-16-10)9(13)2-5-12/h4,7,9H,2-3,5-6,12H2,1H3. The number of fused-ring (bicyclic) bond motifs is 1. The second kappa shape index (κ2) is 4.84. The minimum absolute atomic E-state index is 0.0902. The van der Waals surface area contributed by atoms with E-state index >= 15 is 0 Å². The van der Waals surface area contributed by atoms with Gasteiger partial charge in [-0.05, 0) is 36.4 Å². The third-order valence-corrected chi connectivity index (χ3v) is 3.94. The van der Waals surface area contributed by atoms with E-state index in [1.54, 1.807) is 16.2 Å². The van der Waals surface area contributed by atoms with Crippen molar-refractivity contribution in [1.29, 1.82) is 0 Å². The fourth-order valence-corrected chi connectivity index (χ4v) is 3.13. The minimum atomic E-state index is -0.254. The maximum atomic E-state index is 11.7. The number of hydrogen-bond donors (Lipinski definition) is 1. The van der Waals surface area contributed by atoms with Crippen molar-refractivity contribution in [2.24, 2.45) is 5.73 Å². The molecule has 4 nitrogen and oxygen atoms in total. The van der Waals surface area contributed by atoms with Gasteiger partial charge in [0.2, 0.25) is 0 Å². The maximum absolute atomic E-state index is 11.7. The molecule has 0 saturated carbocycles. The average molecular weight is 240 g/mol. The quantitative estimate of drug-likeness (QED) is 0.857. The third-order valence-electron chi connectivity index (χ3n) is 2.94. The summed E-state index contributed by atoms with van der Waals surface area (Å²) in [5.74, 6) is 0. The lowest BCUT2D eigenvalue weighted by molar-refractivity contribution is 0.0994. The number of carbonyl (C=O) groups is 1. The molecule has 0 bridgehead atoms. The van der Waals surface area contributed by atoms with E-state index in [1.165, 1.54) is 17.6 Å². The van der Waals surface area contributed by atoms with Crippen LogP contribution in [0.25, 0.3) is 0 Å². The van der Waals surface area contributed by atoms with E-state index in [0.717, 1.165) is 19.4 Å². The number of nitrogens with two attached hydrogens (primary N) is 1. The molecule has 0 fully saturated rings. The van der Waals surface area contributed by atoms with Crippen molar-refractivity contribution in [3.05, 3.63) is 21.9 Å². The number of hydrogen-bond acceptors (Lipinski definition) is 4. The molecule has 0 aromatic carbocycles. The first-order valence-corrected chi connectivity index (χ1v) is 6.26. The summed E-state index contributed by atoms with van der Waals surface area (Å²) in [6.07, 6.45) is 1.46. The van der Waals surface area contributed by atoms with Crippen LogP contribution in [0.5, 0.6) is 0 Å². The lowest BCUT2D eigenvalue weighted by Gasteiger charge is -2.34. The molecule has 0 saturated heterocycles. The fraction of sp³-hybridized carbons (Fsp3) is 0.545. The van der Waals surface area contributed by atoms with Gasteiger partial charge in [0.1, 0.15) is 0 Å². The van der Waals surface area contributed by atoms with Crippen molar-refractivity contribution in [3.63, 3.8) is 0 Å². The lowest BCUT2D eigenvalue weighted by Crippen LogP contribution is -2.40. The Hall–Kier alpha value is -1.07. The summed E-state index contributed by atoms with van der Waals surface area (Å²) < 4.78 is 4.81. The molecular weight excluding hydrogens is 224 g/mol. The summed E-state index contributed by atoms with van der Waals surface area (Å²) in [7, 11) is 1.42. The van der Waals surface area contributed by atoms with Crippen LogP contribution in [0.4, 0.5) is 4.79 Å². The number of rotatable bonds is 2. The summed E-state index contributed by atoms with van der Waals surface area (Å²) >= 11 is 1.76. The Labute approximate surface area is 99.0 Å². The Bertz CT molecular complexity index is 378. The molecule has 1 aliphatic rings. The van der Waals surface area contributed by atoms with Gasteiger partial charge in [-0.2, -0.15) is 0 Å². The third kappa shape index (κ3) is 1.92. The lowest BCUT2D eigenvalue weighted by atomic mass is 9.98. The zero-order valence-electron chi connectivity index (χ0n) is 9.31. The van der Waals surface area contributed by atoms with Crippen LogP contribution >= 0.6 is 11.3 Å². The molecule has 1 amide bonds. The van der Waals surface area contributed by atoms with Crippen LogP contribution in [0.3, 0.4) is 0 Å². The van der Waals surface area contributed by atoms with Crippen LogP contribution in [0.2, 0.25) is 0 Å². The van der Waals surface area contributed by atoms with Gasteiger partial charge in [-0.1, -0.05) is 0 Å². The van der Waals surface area contributed by atoms with Gasteiger partial charge >= 0.3 is 6.09 Å². The van der Waals surface area contributed by atoms with Crippen molar-refractivity contribution in [2.45, 2.75) is 18.9 Å². The van der Waals surface area contributed by atoms with Gasteiger partial charge in [-0.3, -0.25) is 0 Å². The van der Waals surface area contributed by atoms with Gasteiger partial charge in [0.25, 0.3) is 0 Å². The molecule has 2 heterocycles. The monoisotopic (exact) mass is 240 g/mol. The zero-order valence-corrected chi connectivity index (χ0v) is 10.1. The first kappa shape index (κ1) is 11.4. The Balaban J connectivity index is 2.26. The molecule has 0 spiro atoms. The molecular formula is C11H16N2O2S. The maximum Gasteiger partial charge on any atom is 0.410 e. The van der Waals surface area contributed by atoms with E-state index in [4.69, 9.17) is 10.5 Å². The Kier molecular flexibility index (Phi) is 3.46. The summed E-state index contributed by atoms with van der Waals surface area (Å²) in [6, 6.07) is 2.18. The van der Waals surface area contributed by atoms with E-state index in [-0.39, 0.29) is 12.1 Å². The van der Waals surface area contributed by atoms with Gasteiger partial charge in [-0.15, -0.1) is 11.3 Å². The van der Waals surface area contributed by atoms with Crippen LogP contribution in [-0.2, 0) is 11.2 Å². The Morgan fingerprint density at radius 3 is 3.25 bits per heavy atom. The molecule has 0 radical (unpaired) electrons. The highest BCUT2D eigenvalue weighted by atomic mass is 32.1. The summed E-state index contributed by atoms with van der Waals surface area (Å²) in [6.45, 7) is 1.30. The van der Waals surface area contributed by atoms with Gasteiger partial charge in [0.15, 0.2) is 0 Å². The Morgan fingerprint density at radius 2 is 2.56 bits per heavy atom. The summed E-state index contributed by atoms with van der Waals surface area (Å²) in [5.41, 5.74) is 6.86. The Morgan fingerprint density at radius 1 is 1.75 bits per heavy atom. The molecule has 1 unspecified atom stereocenters. The van der Waals surface area contributed by atoms with Crippen LogP contribution in [0, 0.1) is 0 Å². The predicted molar refractivity (Wildman–Crippen MR) is 63.5 cm³/mol. The molecule has 5 heteroatoms. The van der Waals surface area contributed by atoms with Crippen molar-refractivity contribution in [3.8, 4) is 0 Å². The highest BCUT2D eigenvalue weighted by Crippen LogP contribution is 2.35. The molecule has 0 aliphatic carbocycles. The van der Waals surface area contributed by atoms with Crippen LogP contribution < -0.4 is 5.73 Å². The van der Waals surface area contributed by atoms with Crippen molar-refractivity contribution in [2.75, 3.05) is 20.2 Å². The number of carbonyl (C=O) groups excluding carboxylic acids is 1. The van der Waals surface area contributed by atoms with Gasteiger partial charge in [-0.25, -0.2) is 4.79 Å². The highest BCUT2D eigenvalue weighted by Gasteiger charge is 2.31. The molecule has 16 heavy (non-hydrogen) atoms. The predicted octanol–water partition coefficient (Wildman–Crippen LogP) is 1.76. The number of thiophene rings is 1. The van der Waals surface area contributed by atoms with Gasteiger partial charge in [0, 0.05) is 11.4 Å². The summed E-state index contributed by atoms with van der Waals surface area (Å²) in [5, 5.41) is 2.08. The average Bonchev–Trinajstić information content (AvgIpc) is 2.77. The second-order valence-corrected chi connectivity index (χ2v) is 4.81. The zero-order chi connectivity index (χ0) is 11.5. The number of nitrogens with zero attached hydrogens (tertiary/aromatic N) is 1. The molecule has 1 aliphatic heterocycles. The number of ether oxygens (including phenoxy) is 1. The molecule has 88 valence electrons. The SMILES string of the molecule is COC(=O)N1CCc2sccc2C1CCN. The van der Waals surface area contributed by atoms with E-state index < -0.39 is 0 Å². The molecule has 1 aromatic rings.